The maximum Gasteiger partial charge on any atom is 0.274 e. The molecule has 2 aromatic heterocycles. The molecule has 0 fully saturated rings. The Kier molecular flexibility index (Phi) is 4.76. The van der Waals surface area contributed by atoms with Gasteiger partial charge in [0.15, 0.2) is 17.3 Å². The highest BCUT2D eigenvalue weighted by Crippen LogP contribution is 2.24. The van der Waals surface area contributed by atoms with E-state index in [9.17, 15) is 4.79 Å². The van der Waals surface area contributed by atoms with Gasteiger partial charge in [-0.3, -0.25) is 9.36 Å². The number of rotatable bonds is 5. The van der Waals surface area contributed by atoms with Crippen molar-refractivity contribution in [2.24, 2.45) is 0 Å². The lowest BCUT2D eigenvalue weighted by atomic mass is 10.1. The van der Waals surface area contributed by atoms with Gasteiger partial charge in [-0.15, -0.1) is 0 Å². The number of benzene rings is 2. The van der Waals surface area contributed by atoms with Gasteiger partial charge in [0.05, 0.1) is 12.4 Å². The molecule has 0 bridgehead atoms. The SMILES string of the molecule is CSc1ncc(C(=O)Nc2cccc(-c3cnco3)c2)n1-c1ccccc1. The molecule has 1 N–H and O–H groups in total. The Bertz CT molecular complexity index is 1060. The Morgan fingerprint density at radius 2 is 1.96 bits per heavy atom. The fraction of sp³-hybridized carbons (Fsp3) is 0.0500. The molecule has 0 unspecified atom stereocenters. The van der Waals surface area contributed by atoms with E-state index in [0.29, 0.717) is 17.1 Å². The average Bonchev–Trinajstić information content (AvgIpc) is 3.38. The van der Waals surface area contributed by atoms with Crippen LogP contribution in [0, 0.1) is 0 Å². The Balaban J connectivity index is 1.65. The van der Waals surface area contributed by atoms with Gasteiger partial charge in [0.2, 0.25) is 0 Å². The van der Waals surface area contributed by atoms with E-state index >= 15 is 0 Å². The molecule has 0 aliphatic heterocycles. The number of hydrogen-bond donors (Lipinski definition) is 1. The highest BCUT2D eigenvalue weighted by Gasteiger charge is 2.18. The largest absolute Gasteiger partial charge is 0.444 e. The maximum absolute atomic E-state index is 12.9. The summed E-state index contributed by atoms with van der Waals surface area (Å²) in [5, 5.41) is 3.69. The van der Waals surface area contributed by atoms with Gasteiger partial charge in [0, 0.05) is 16.9 Å². The Labute approximate surface area is 160 Å². The molecular weight excluding hydrogens is 360 g/mol. The summed E-state index contributed by atoms with van der Waals surface area (Å²) in [5.74, 6) is 0.409. The second-order valence-corrected chi connectivity index (χ2v) is 6.48. The number of thioether (sulfide) groups is 1. The normalized spacial score (nSPS) is 10.7. The van der Waals surface area contributed by atoms with Gasteiger partial charge in [0.25, 0.3) is 5.91 Å². The van der Waals surface area contributed by atoms with Gasteiger partial charge in [-0.2, -0.15) is 0 Å². The number of imidazole rings is 1. The number of nitrogens with one attached hydrogen (secondary N) is 1. The van der Waals surface area contributed by atoms with Crippen LogP contribution < -0.4 is 5.32 Å². The van der Waals surface area contributed by atoms with E-state index < -0.39 is 0 Å². The minimum atomic E-state index is -0.235. The molecule has 0 spiro atoms. The maximum atomic E-state index is 12.9. The van der Waals surface area contributed by atoms with E-state index in [2.05, 4.69) is 15.3 Å². The van der Waals surface area contributed by atoms with Gasteiger partial charge < -0.3 is 9.73 Å². The van der Waals surface area contributed by atoms with Crippen LogP contribution in [0.1, 0.15) is 10.5 Å². The van der Waals surface area contributed by atoms with Gasteiger partial charge in [-0.05, 0) is 30.5 Å². The van der Waals surface area contributed by atoms with Gasteiger partial charge in [0.1, 0.15) is 5.69 Å². The summed E-state index contributed by atoms with van der Waals surface area (Å²) >= 11 is 1.49. The molecule has 27 heavy (non-hydrogen) atoms. The van der Waals surface area contributed by atoms with Crippen LogP contribution in [0.4, 0.5) is 5.69 Å². The first-order valence-corrected chi connectivity index (χ1v) is 9.46. The van der Waals surface area contributed by atoms with Crippen LogP contribution in [0.2, 0.25) is 0 Å². The third-order valence-electron chi connectivity index (χ3n) is 4.00. The van der Waals surface area contributed by atoms with Crippen molar-refractivity contribution in [1.82, 2.24) is 14.5 Å². The molecule has 4 rings (SSSR count). The van der Waals surface area contributed by atoms with Gasteiger partial charge in [-0.25, -0.2) is 9.97 Å². The number of nitrogens with zero attached hydrogens (tertiary/aromatic N) is 3. The Morgan fingerprint density at radius 3 is 2.70 bits per heavy atom. The first kappa shape index (κ1) is 17.1. The van der Waals surface area contributed by atoms with Gasteiger partial charge >= 0.3 is 0 Å². The van der Waals surface area contributed by atoms with Crippen molar-refractivity contribution in [3.05, 3.63) is 79.1 Å². The van der Waals surface area contributed by atoms with Crippen LogP contribution in [0.5, 0.6) is 0 Å². The first-order valence-electron chi connectivity index (χ1n) is 8.23. The van der Waals surface area contributed by atoms with Crippen LogP contribution in [0.25, 0.3) is 17.0 Å². The Morgan fingerprint density at radius 1 is 1.11 bits per heavy atom. The fourth-order valence-electron chi connectivity index (χ4n) is 2.77. The monoisotopic (exact) mass is 376 g/mol. The number of amides is 1. The molecule has 1 amide bonds. The predicted molar refractivity (Wildman–Crippen MR) is 105 cm³/mol. The van der Waals surface area contributed by atoms with Crippen molar-refractivity contribution in [1.29, 1.82) is 0 Å². The van der Waals surface area contributed by atoms with Crippen LogP contribution in [0.15, 0.2) is 83.0 Å². The molecular formula is C20H16N4O2S. The molecule has 4 aromatic rings. The van der Waals surface area contributed by atoms with Crippen molar-refractivity contribution in [3.63, 3.8) is 0 Å². The van der Waals surface area contributed by atoms with Crippen molar-refractivity contribution >= 4 is 23.4 Å². The molecule has 0 radical (unpaired) electrons. The molecule has 0 atom stereocenters. The van der Waals surface area contributed by atoms with Crippen molar-refractivity contribution in [3.8, 4) is 17.0 Å². The molecule has 2 aromatic carbocycles. The number of oxazole rings is 1. The third-order valence-corrected chi connectivity index (χ3v) is 4.65. The van der Waals surface area contributed by atoms with Crippen molar-refractivity contribution < 1.29 is 9.21 Å². The minimum Gasteiger partial charge on any atom is -0.444 e. The lowest BCUT2D eigenvalue weighted by Crippen LogP contribution is -2.16. The summed E-state index contributed by atoms with van der Waals surface area (Å²) in [6, 6.07) is 17.1. The summed E-state index contributed by atoms with van der Waals surface area (Å²) in [6.45, 7) is 0. The molecule has 0 aliphatic carbocycles. The zero-order valence-electron chi connectivity index (χ0n) is 14.5. The van der Waals surface area contributed by atoms with Crippen molar-refractivity contribution in [2.75, 3.05) is 11.6 Å². The second kappa shape index (κ2) is 7.51. The lowest BCUT2D eigenvalue weighted by Gasteiger charge is -2.11. The van der Waals surface area contributed by atoms with Crippen LogP contribution >= 0.6 is 11.8 Å². The molecule has 0 aliphatic rings. The third kappa shape index (κ3) is 3.50. The summed E-state index contributed by atoms with van der Waals surface area (Å²) in [4.78, 5) is 21.2. The number of hydrogen-bond acceptors (Lipinski definition) is 5. The summed E-state index contributed by atoms with van der Waals surface area (Å²) in [6.07, 6.45) is 6.54. The van der Waals surface area contributed by atoms with Crippen LogP contribution in [-0.2, 0) is 0 Å². The minimum absolute atomic E-state index is 0.235. The first-order chi connectivity index (χ1) is 13.3. The predicted octanol–water partition coefficient (Wildman–Crippen LogP) is 4.50. The molecule has 7 heteroatoms. The molecule has 2 heterocycles. The average molecular weight is 376 g/mol. The molecule has 0 saturated carbocycles. The van der Waals surface area contributed by atoms with E-state index in [0.717, 1.165) is 16.4 Å². The van der Waals surface area contributed by atoms with E-state index in [1.165, 1.54) is 18.2 Å². The number of carbonyl (C=O) groups is 1. The van der Waals surface area contributed by atoms with E-state index in [-0.39, 0.29) is 5.91 Å². The smallest absolute Gasteiger partial charge is 0.274 e. The molecule has 134 valence electrons. The summed E-state index contributed by atoms with van der Waals surface area (Å²) in [7, 11) is 0. The van der Waals surface area contributed by atoms with Crippen molar-refractivity contribution in [2.45, 2.75) is 5.16 Å². The number of anilines is 1. The second-order valence-electron chi connectivity index (χ2n) is 5.70. The highest BCUT2D eigenvalue weighted by atomic mass is 32.2. The lowest BCUT2D eigenvalue weighted by molar-refractivity contribution is 0.102. The molecule has 0 saturated heterocycles. The summed E-state index contributed by atoms with van der Waals surface area (Å²) < 4.78 is 7.17. The zero-order valence-corrected chi connectivity index (χ0v) is 15.3. The highest BCUT2D eigenvalue weighted by molar-refractivity contribution is 7.98. The number of aromatic nitrogens is 3. The van der Waals surface area contributed by atoms with Crippen LogP contribution in [0.3, 0.4) is 0 Å². The Hall–Kier alpha value is -3.32. The topological polar surface area (TPSA) is 73.0 Å². The molecule has 6 nitrogen and oxygen atoms in total. The van der Waals surface area contributed by atoms with Crippen LogP contribution in [-0.4, -0.2) is 26.7 Å². The fourth-order valence-corrected chi connectivity index (χ4v) is 3.31. The number of carbonyl (C=O) groups excluding carboxylic acids is 1. The van der Waals surface area contributed by atoms with E-state index in [4.69, 9.17) is 4.42 Å². The quantitative estimate of drug-likeness (QED) is 0.519. The zero-order chi connectivity index (χ0) is 18.6. The number of para-hydroxylation sites is 1. The summed E-state index contributed by atoms with van der Waals surface area (Å²) in [5.41, 5.74) is 2.86. The standard InChI is InChI=1S/C20H16N4O2S/c1-27-20-22-11-17(24(20)16-8-3-2-4-9-16)19(25)23-15-7-5-6-14(10-15)18-12-21-13-26-18/h2-13H,1H3,(H,23,25). The van der Waals surface area contributed by atoms with Gasteiger partial charge in [-0.1, -0.05) is 42.1 Å². The van der Waals surface area contributed by atoms with E-state index in [1.807, 2.05) is 65.4 Å². The van der Waals surface area contributed by atoms with E-state index in [1.54, 1.807) is 12.4 Å².